The van der Waals surface area contributed by atoms with E-state index in [0.717, 1.165) is 22.2 Å². The lowest BCUT2D eigenvalue weighted by molar-refractivity contribution is -0.139. The van der Waals surface area contributed by atoms with Gasteiger partial charge in [0.15, 0.2) is 0 Å². The highest BCUT2D eigenvalue weighted by Crippen LogP contribution is 2.17. The Labute approximate surface area is 130 Å². The van der Waals surface area contributed by atoms with Crippen LogP contribution in [0.2, 0.25) is 0 Å². The van der Waals surface area contributed by atoms with E-state index in [1.165, 1.54) is 0 Å². The maximum absolute atomic E-state index is 11.6. The molecule has 0 bridgehead atoms. The van der Waals surface area contributed by atoms with Crippen LogP contribution in [0.4, 0.5) is 4.79 Å². The molecule has 1 aromatic heterocycles. The van der Waals surface area contributed by atoms with E-state index in [1.54, 1.807) is 24.5 Å². The van der Waals surface area contributed by atoms with E-state index in [0.29, 0.717) is 0 Å². The molecule has 0 radical (unpaired) electrons. The highest BCUT2D eigenvalue weighted by molar-refractivity contribution is 8.14. The molecule has 116 valence electrons. The van der Waals surface area contributed by atoms with Gasteiger partial charge in [-0.15, -0.1) is 0 Å². The molecule has 0 aromatic carbocycles. The van der Waals surface area contributed by atoms with Crippen LogP contribution in [0.15, 0.2) is 24.5 Å². The standard InChI is InChI=1S/C13H14N4O4S/c18-10-8-22-13(21)17(10)6-5-15-11(19)12(20)16-7-9-1-3-14-4-2-9/h1-4H,5-8H2,(H,15,19)(H,16,20). The second-order valence-corrected chi connectivity index (χ2v) is 5.32. The van der Waals surface area contributed by atoms with Gasteiger partial charge in [-0.2, -0.15) is 0 Å². The summed E-state index contributed by atoms with van der Waals surface area (Å²) < 4.78 is 0. The molecule has 0 saturated carbocycles. The molecule has 0 unspecified atom stereocenters. The van der Waals surface area contributed by atoms with Gasteiger partial charge in [0.1, 0.15) is 0 Å². The van der Waals surface area contributed by atoms with Crippen molar-refractivity contribution < 1.29 is 19.2 Å². The van der Waals surface area contributed by atoms with Crippen molar-refractivity contribution >= 4 is 34.7 Å². The van der Waals surface area contributed by atoms with Crippen molar-refractivity contribution in [2.45, 2.75) is 6.54 Å². The van der Waals surface area contributed by atoms with Crippen molar-refractivity contribution in [3.63, 3.8) is 0 Å². The van der Waals surface area contributed by atoms with Crippen LogP contribution in [0, 0.1) is 0 Å². The van der Waals surface area contributed by atoms with Crippen molar-refractivity contribution in [1.29, 1.82) is 0 Å². The smallest absolute Gasteiger partial charge is 0.309 e. The molecule has 4 amide bonds. The zero-order valence-electron chi connectivity index (χ0n) is 11.6. The van der Waals surface area contributed by atoms with Gasteiger partial charge in [0.05, 0.1) is 5.75 Å². The largest absolute Gasteiger partial charge is 0.346 e. The average molecular weight is 322 g/mol. The number of aromatic nitrogens is 1. The normalized spacial score (nSPS) is 14.1. The van der Waals surface area contributed by atoms with Gasteiger partial charge in [-0.25, -0.2) is 0 Å². The summed E-state index contributed by atoms with van der Waals surface area (Å²) in [7, 11) is 0. The van der Waals surface area contributed by atoms with E-state index in [2.05, 4.69) is 15.6 Å². The molecule has 9 heteroatoms. The zero-order chi connectivity index (χ0) is 15.9. The number of thioether (sulfide) groups is 1. The molecule has 1 aliphatic heterocycles. The Kier molecular flexibility index (Phi) is 5.48. The van der Waals surface area contributed by atoms with Crippen LogP contribution in [0.1, 0.15) is 5.56 Å². The van der Waals surface area contributed by atoms with Crippen molar-refractivity contribution in [3.8, 4) is 0 Å². The van der Waals surface area contributed by atoms with Crippen molar-refractivity contribution in [3.05, 3.63) is 30.1 Å². The first kappa shape index (κ1) is 16.0. The van der Waals surface area contributed by atoms with Crippen LogP contribution < -0.4 is 10.6 Å². The van der Waals surface area contributed by atoms with Crippen molar-refractivity contribution in [2.24, 2.45) is 0 Å². The number of carbonyl (C=O) groups is 4. The van der Waals surface area contributed by atoms with E-state index in [9.17, 15) is 19.2 Å². The van der Waals surface area contributed by atoms with Gasteiger partial charge >= 0.3 is 11.8 Å². The fourth-order valence-electron chi connectivity index (χ4n) is 1.72. The predicted octanol–water partition coefficient (Wildman–Crippen LogP) is -0.491. The Morgan fingerprint density at radius 3 is 2.50 bits per heavy atom. The Balaban J connectivity index is 1.69. The van der Waals surface area contributed by atoms with E-state index in [1.807, 2.05) is 0 Å². The Bertz CT molecular complexity index is 577. The first-order valence-corrected chi connectivity index (χ1v) is 7.48. The summed E-state index contributed by atoms with van der Waals surface area (Å²) in [6, 6.07) is 3.45. The molecule has 2 N–H and O–H groups in total. The maximum atomic E-state index is 11.6. The number of nitrogens with zero attached hydrogens (tertiary/aromatic N) is 2. The molecule has 0 atom stereocenters. The molecule has 1 aromatic rings. The van der Waals surface area contributed by atoms with Gasteiger partial charge in [0, 0.05) is 32.0 Å². The monoisotopic (exact) mass is 322 g/mol. The molecule has 1 aliphatic rings. The number of hydrogen-bond acceptors (Lipinski definition) is 6. The second-order valence-electron chi connectivity index (χ2n) is 4.39. The lowest BCUT2D eigenvalue weighted by Gasteiger charge is -2.13. The number of rotatable bonds is 5. The predicted molar refractivity (Wildman–Crippen MR) is 78.7 cm³/mol. The second kappa shape index (κ2) is 7.55. The number of amides is 4. The molecule has 1 saturated heterocycles. The summed E-state index contributed by atoms with van der Waals surface area (Å²) >= 11 is 0.925. The Morgan fingerprint density at radius 1 is 1.18 bits per heavy atom. The summed E-state index contributed by atoms with van der Waals surface area (Å²) in [6.45, 7) is 0.322. The van der Waals surface area contributed by atoms with Crippen LogP contribution in [-0.2, 0) is 20.9 Å². The maximum Gasteiger partial charge on any atom is 0.309 e. The molecular formula is C13H14N4O4S. The number of nitrogens with one attached hydrogen (secondary N) is 2. The summed E-state index contributed by atoms with van der Waals surface area (Å²) in [5, 5.41) is 4.50. The summed E-state index contributed by atoms with van der Waals surface area (Å²) in [5.74, 6) is -1.74. The number of hydrogen-bond donors (Lipinski definition) is 2. The molecule has 0 spiro atoms. The third-order valence-electron chi connectivity index (χ3n) is 2.87. The topological polar surface area (TPSA) is 108 Å². The fourth-order valence-corrected chi connectivity index (χ4v) is 2.47. The number of carbonyl (C=O) groups excluding carboxylic acids is 4. The molecular weight excluding hydrogens is 308 g/mol. The van der Waals surface area contributed by atoms with Crippen LogP contribution in [0.25, 0.3) is 0 Å². The molecule has 8 nitrogen and oxygen atoms in total. The molecule has 2 heterocycles. The van der Waals surface area contributed by atoms with E-state index < -0.39 is 11.8 Å². The number of pyridine rings is 1. The molecule has 0 aliphatic carbocycles. The quantitative estimate of drug-likeness (QED) is 0.708. The van der Waals surface area contributed by atoms with Crippen molar-refractivity contribution in [2.75, 3.05) is 18.8 Å². The van der Waals surface area contributed by atoms with Gasteiger partial charge < -0.3 is 10.6 Å². The summed E-state index contributed by atoms with van der Waals surface area (Å²) in [6.07, 6.45) is 3.17. The minimum Gasteiger partial charge on any atom is -0.346 e. The van der Waals surface area contributed by atoms with Crippen LogP contribution in [0.5, 0.6) is 0 Å². The SMILES string of the molecule is O=C(NCCN1C(=O)CSC1=O)C(=O)NCc1ccncc1. The third kappa shape index (κ3) is 4.29. The third-order valence-corrected chi connectivity index (χ3v) is 3.73. The van der Waals surface area contributed by atoms with Gasteiger partial charge in [-0.3, -0.25) is 29.1 Å². The van der Waals surface area contributed by atoms with E-state index >= 15 is 0 Å². The minimum absolute atomic E-state index is 0.0412. The first-order chi connectivity index (χ1) is 10.6. The van der Waals surface area contributed by atoms with Gasteiger partial charge in [-0.05, 0) is 17.7 Å². The Morgan fingerprint density at radius 2 is 1.86 bits per heavy atom. The van der Waals surface area contributed by atoms with Crippen LogP contribution in [-0.4, -0.2) is 51.7 Å². The summed E-state index contributed by atoms with van der Waals surface area (Å²) in [5.41, 5.74) is 0.821. The summed E-state index contributed by atoms with van der Waals surface area (Å²) in [4.78, 5) is 50.7. The highest BCUT2D eigenvalue weighted by atomic mass is 32.2. The Hall–Kier alpha value is -2.42. The van der Waals surface area contributed by atoms with Gasteiger partial charge in [0.25, 0.3) is 5.24 Å². The average Bonchev–Trinajstić information content (AvgIpc) is 2.85. The zero-order valence-corrected chi connectivity index (χ0v) is 12.4. The molecule has 1 fully saturated rings. The lowest BCUT2D eigenvalue weighted by Crippen LogP contribution is -2.43. The van der Waals surface area contributed by atoms with Gasteiger partial charge in [0.2, 0.25) is 5.91 Å². The van der Waals surface area contributed by atoms with Crippen LogP contribution in [0.3, 0.4) is 0 Å². The lowest BCUT2D eigenvalue weighted by atomic mass is 10.3. The first-order valence-electron chi connectivity index (χ1n) is 6.50. The van der Waals surface area contributed by atoms with Gasteiger partial charge in [-0.1, -0.05) is 11.8 Å². The molecule has 2 rings (SSSR count). The fraction of sp³-hybridized carbons (Fsp3) is 0.308. The highest BCUT2D eigenvalue weighted by Gasteiger charge is 2.29. The minimum atomic E-state index is -0.805. The van der Waals surface area contributed by atoms with E-state index in [-0.39, 0.29) is 36.5 Å². The number of imide groups is 1. The molecule has 22 heavy (non-hydrogen) atoms. The van der Waals surface area contributed by atoms with Crippen LogP contribution >= 0.6 is 11.8 Å². The van der Waals surface area contributed by atoms with E-state index in [4.69, 9.17) is 0 Å². The van der Waals surface area contributed by atoms with Crippen molar-refractivity contribution in [1.82, 2.24) is 20.5 Å².